The van der Waals surface area contributed by atoms with Crippen LogP contribution < -0.4 is 0 Å². The van der Waals surface area contributed by atoms with Gasteiger partial charge in [-0.05, 0) is 54.7 Å². The van der Waals surface area contributed by atoms with Gasteiger partial charge in [0.2, 0.25) is 0 Å². The minimum atomic E-state index is -0.918. The van der Waals surface area contributed by atoms with Crippen LogP contribution in [0.25, 0.3) is 5.69 Å². The van der Waals surface area contributed by atoms with E-state index < -0.39 is 5.97 Å². The molecule has 3 aromatic rings. The molecule has 1 atom stereocenters. The van der Waals surface area contributed by atoms with Crippen LogP contribution in [0.4, 0.5) is 0 Å². The molecule has 2 aromatic carbocycles. The van der Waals surface area contributed by atoms with Gasteiger partial charge in [-0.2, -0.15) is 0 Å². The molecule has 28 heavy (non-hydrogen) atoms. The first-order valence-electron chi connectivity index (χ1n) is 9.17. The van der Waals surface area contributed by atoms with Gasteiger partial charge in [0, 0.05) is 24.3 Å². The van der Waals surface area contributed by atoms with Crippen LogP contribution in [0.1, 0.15) is 32.7 Å². The fourth-order valence-electron chi connectivity index (χ4n) is 3.66. The predicted molar refractivity (Wildman–Crippen MR) is 102 cm³/mol. The summed E-state index contributed by atoms with van der Waals surface area (Å²) >= 11 is 0. The summed E-state index contributed by atoms with van der Waals surface area (Å²) in [5.74, 6) is -0.580. The van der Waals surface area contributed by atoms with Crippen molar-refractivity contribution in [1.29, 1.82) is 0 Å². The number of aromatic carboxylic acids is 1. The van der Waals surface area contributed by atoms with Gasteiger partial charge in [-0.3, -0.25) is 9.36 Å². The van der Waals surface area contributed by atoms with E-state index in [4.69, 9.17) is 5.11 Å². The van der Waals surface area contributed by atoms with Crippen molar-refractivity contribution >= 4 is 11.9 Å². The molecule has 1 fully saturated rings. The third-order valence-corrected chi connectivity index (χ3v) is 5.08. The quantitative estimate of drug-likeness (QED) is 0.740. The molecule has 4 rings (SSSR count). The molecular formula is C21H20N4O3. The molecule has 7 heteroatoms. The van der Waals surface area contributed by atoms with Crippen LogP contribution >= 0.6 is 0 Å². The molecule has 2 heterocycles. The maximum atomic E-state index is 12.9. The Hall–Kier alpha value is -3.48. The summed E-state index contributed by atoms with van der Waals surface area (Å²) in [5, 5.41) is 16.7. The van der Waals surface area contributed by atoms with E-state index in [1.807, 2.05) is 35.2 Å². The molecule has 1 N–H and O–H groups in total. The van der Waals surface area contributed by atoms with E-state index in [1.165, 1.54) is 0 Å². The first-order valence-corrected chi connectivity index (χ1v) is 9.17. The van der Waals surface area contributed by atoms with Gasteiger partial charge in [0.05, 0.1) is 5.56 Å². The zero-order chi connectivity index (χ0) is 19.5. The SMILES string of the molecule is O=C(O)c1cccc(C[C@@H]2CCN(C(=O)c3cccc(-n4cnnc4)c3)C2)c1. The fraction of sp³-hybridized carbons (Fsp3) is 0.238. The number of carbonyl (C=O) groups is 2. The van der Waals surface area contributed by atoms with E-state index in [1.54, 1.807) is 35.4 Å². The second kappa shape index (κ2) is 7.64. The van der Waals surface area contributed by atoms with Crippen LogP contribution in [0.5, 0.6) is 0 Å². The standard InChI is InChI=1S/C21H20N4O3/c26-20(17-4-2-6-19(11-17)25-13-22-23-14-25)24-8-7-16(12-24)9-15-3-1-5-18(10-15)21(27)28/h1-6,10-11,13-14,16H,7-9,12H2,(H,27,28)/t16-/m0/s1. The molecule has 0 aliphatic carbocycles. The van der Waals surface area contributed by atoms with Crippen molar-refractivity contribution < 1.29 is 14.7 Å². The molecule has 1 amide bonds. The molecule has 1 aromatic heterocycles. The third kappa shape index (κ3) is 3.78. The molecule has 142 valence electrons. The number of nitrogens with zero attached hydrogens (tertiary/aromatic N) is 4. The summed E-state index contributed by atoms with van der Waals surface area (Å²) < 4.78 is 1.76. The normalized spacial score (nSPS) is 16.3. The number of amides is 1. The van der Waals surface area contributed by atoms with Gasteiger partial charge in [-0.15, -0.1) is 10.2 Å². The summed E-state index contributed by atoms with van der Waals surface area (Å²) in [5.41, 5.74) is 2.78. The molecule has 0 spiro atoms. The Morgan fingerprint density at radius 3 is 2.57 bits per heavy atom. The number of hydrogen-bond donors (Lipinski definition) is 1. The van der Waals surface area contributed by atoms with Crippen LogP contribution in [0.3, 0.4) is 0 Å². The highest BCUT2D eigenvalue weighted by atomic mass is 16.4. The molecule has 1 aliphatic rings. The predicted octanol–water partition coefficient (Wildman–Crippen LogP) is 2.67. The molecule has 0 unspecified atom stereocenters. The summed E-state index contributed by atoms with van der Waals surface area (Å²) in [6, 6.07) is 14.5. The van der Waals surface area contributed by atoms with Gasteiger partial charge in [-0.1, -0.05) is 18.2 Å². The maximum absolute atomic E-state index is 12.9. The highest BCUT2D eigenvalue weighted by Crippen LogP contribution is 2.23. The highest BCUT2D eigenvalue weighted by molar-refractivity contribution is 5.95. The largest absolute Gasteiger partial charge is 0.478 e. The van der Waals surface area contributed by atoms with Gasteiger partial charge < -0.3 is 10.0 Å². The average Bonchev–Trinajstić information content (AvgIpc) is 3.40. The summed E-state index contributed by atoms with van der Waals surface area (Å²) in [6.07, 6.45) is 4.88. The number of aromatic nitrogens is 3. The number of likely N-dealkylation sites (tertiary alicyclic amines) is 1. The molecule has 0 saturated carbocycles. The third-order valence-electron chi connectivity index (χ3n) is 5.08. The Bertz CT molecular complexity index is 1000. The maximum Gasteiger partial charge on any atom is 0.335 e. The zero-order valence-electron chi connectivity index (χ0n) is 15.2. The van der Waals surface area contributed by atoms with Crippen LogP contribution in [-0.2, 0) is 6.42 Å². The summed E-state index contributed by atoms with van der Waals surface area (Å²) in [7, 11) is 0. The topological polar surface area (TPSA) is 88.3 Å². The highest BCUT2D eigenvalue weighted by Gasteiger charge is 2.27. The molecule has 1 aliphatic heterocycles. The van der Waals surface area contributed by atoms with E-state index in [0.29, 0.717) is 30.1 Å². The van der Waals surface area contributed by atoms with Crippen molar-refractivity contribution in [2.45, 2.75) is 12.8 Å². The van der Waals surface area contributed by atoms with Gasteiger partial charge in [0.15, 0.2) is 0 Å². The van der Waals surface area contributed by atoms with Crippen molar-refractivity contribution in [3.63, 3.8) is 0 Å². The van der Waals surface area contributed by atoms with Crippen molar-refractivity contribution in [3.05, 3.63) is 77.9 Å². The Morgan fingerprint density at radius 1 is 1.04 bits per heavy atom. The van der Waals surface area contributed by atoms with Crippen LogP contribution in [0.2, 0.25) is 0 Å². The molecule has 0 bridgehead atoms. The average molecular weight is 376 g/mol. The van der Waals surface area contributed by atoms with E-state index in [2.05, 4.69) is 10.2 Å². The molecule has 0 radical (unpaired) electrons. The Kier molecular flexibility index (Phi) is 4.89. The lowest BCUT2D eigenvalue weighted by atomic mass is 9.97. The number of carbonyl (C=O) groups excluding carboxylic acids is 1. The van der Waals surface area contributed by atoms with Gasteiger partial charge >= 0.3 is 5.97 Å². The monoisotopic (exact) mass is 376 g/mol. The lowest BCUT2D eigenvalue weighted by Crippen LogP contribution is -2.29. The van der Waals surface area contributed by atoms with E-state index in [0.717, 1.165) is 24.1 Å². The minimum absolute atomic E-state index is 0.0108. The van der Waals surface area contributed by atoms with Crippen molar-refractivity contribution in [3.8, 4) is 5.69 Å². The zero-order valence-corrected chi connectivity index (χ0v) is 15.2. The number of carboxylic acid groups (broad SMARTS) is 1. The summed E-state index contributed by atoms with van der Waals surface area (Å²) in [4.78, 5) is 25.9. The van der Waals surface area contributed by atoms with Gasteiger partial charge in [-0.25, -0.2) is 4.79 Å². The van der Waals surface area contributed by atoms with Gasteiger partial charge in [0.25, 0.3) is 5.91 Å². The summed E-state index contributed by atoms with van der Waals surface area (Å²) in [6.45, 7) is 1.38. The number of benzene rings is 2. The Balaban J connectivity index is 1.43. The lowest BCUT2D eigenvalue weighted by Gasteiger charge is -2.17. The lowest BCUT2D eigenvalue weighted by molar-refractivity contribution is 0.0696. The Labute approximate surface area is 162 Å². The van der Waals surface area contributed by atoms with Crippen LogP contribution in [0, 0.1) is 5.92 Å². The second-order valence-corrected chi connectivity index (χ2v) is 7.04. The molecular weight excluding hydrogens is 356 g/mol. The van der Waals surface area contributed by atoms with Crippen molar-refractivity contribution in [1.82, 2.24) is 19.7 Å². The smallest absolute Gasteiger partial charge is 0.335 e. The number of carboxylic acids is 1. The van der Waals surface area contributed by atoms with E-state index in [9.17, 15) is 9.59 Å². The van der Waals surface area contributed by atoms with E-state index in [-0.39, 0.29) is 5.91 Å². The van der Waals surface area contributed by atoms with Crippen molar-refractivity contribution in [2.75, 3.05) is 13.1 Å². The fourth-order valence-corrected chi connectivity index (χ4v) is 3.66. The van der Waals surface area contributed by atoms with Crippen molar-refractivity contribution in [2.24, 2.45) is 5.92 Å². The second-order valence-electron chi connectivity index (χ2n) is 7.04. The van der Waals surface area contributed by atoms with Crippen LogP contribution in [0.15, 0.2) is 61.2 Å². The first-order chi connectivity index (χ1) is 13.6. The number of rotatable bonds is 5. The number of hydrogen-bond acceptors (Lipinski definition) is 4. The molecule has 1 saturated heterocycles. The van der Waals surface area contributed by atoms with E-state index >= 15 is 0 Å². The van der Waals surface area contributed by atoms with Gasteiger partial charge in [0.1, 0.15) is 12.7 Å². The van der Waals surface area contributed by atoms with Crippen LogP contribution in [-0.4, -0.2) is 49.7 Å². The minimum Gasteiger partial charge on any atom is -0.478 e. The first kappa shape index (κ1) is 17.9. The molecule has 7 nitrogen and oxygen atoms in total. The Morgan fingerprint density at radius 2 is 1.79 bits per heavy atom.